The van der Waals surface area contributed by atoms with Crippen molar-refractivity contribution in [2.75, 3.05) is 24.5 Å². The molecule has 2 N–H and O–H groups in total. The largest absolute Gasteiger partial charge is 0.354 e. The van der Waals surface area contributed by atoms with Crippen molar-refractivity contribution in [1.82, 2.24) is 15.6 Å². The maximum Gasteiger partial charge on any atom is 0.221 e. The second-order valence-corrected chi connectivity index (χ2v) is 5.46. The van der Waals surface area contributed by atoms with E-state index in [1.807, 2.05) is 6.20 Å². The van der Waals surface area contributed by atoms with Gasteiger partial charge in [0.2, 0.25) is 5.91 Å². The molecule has 0 saturated carbocycles. The third kappa shape index (κ3) is 3.20. The number of rotatable bonds is 6. The smallest absolute Gasteiger partial charge is 0.221 e. The minimum Gasteiger partial charge on any atom is -0.354 e. The van der Waals surface area contributed by atoms with E-state index in [9.17, 15) is 4.79 Å². The van der Waals surface area contributed by atoms with E-state index < -0.39 is 0 Å². The normalized spacial score (nSPS) is 19.0. The van der Waals surface area contributed by atoms with Crippen LogP contribution in [0.25, 0.3) is 0 Å². The molecule has 1 saturated heterocycles. The number of carbonyl (C=O) groups is 1. The molecule has 6 heteroatoms. The average Bonchev–Trinajstić information content (AvgIpc) is 2.98. The van der Waals surface area contributed by atoms with Crippen LogP contribution in [0.5, 0.6) is 0 Å². The van der Waals surface area contributed by atoms with E-state index in [-0.39, 0.29) is 11.9 Å². The van der Waals surface area contributed by atoms with Crippen LogP contribution >= 0.6 is 11.3 Å². The molecule has 1 aliphatic rings. The van der Waals surface area contributed by atoms with E-state index in [0.717, 1.165) is 31.3 Å². The SMILES string of the molecule is CCN(CC)c1ncc(CNC2CNC(=O)C2)s1. The molecule has 1 aliphatic heterocycles. The summed E-state index contributed by atoms with van der Waals surface area (Å²) < 4.78 is 0. The monoisotopic (exact) mass is 268 g/mol. The van der Waals surface area contributed by atoms with Crippen molar-refractivity contribution in [2.24, 2.45) is 0 Å². The van der Waals surface area contributed by atoms with E-state index in [1.165, 1.54) is 4.88 Å². The lowest BCUT2D eigenvalue weighted by atomic mass is 10.2. The topological polar surface area (TPSA) is 57.3 Å². The first-order valence-corrected chi connectivity index (χ1v) is 7.24. The summed E-state index contributed by atoms with van der Waals surface area (Å²) in [6.07, 6.45) is 2.51. The summed E-state index contributed by atoms with van der Waals surface area (Å²) in [5.41, 5.74) is 0. The highest BCUT2D eigenvalue weighted by Gasteiger charge is 2.20. The van der Waals surface area contributed by atoms with Crippen LogP contribution in [0.3, 0.4) is 0 Å². The average molecular weight is 268 g/mol. The van der Waals surface area contributed by atoms with Crippen LogP contribution in [0.2, 0.25) is 0 Å². The second kappa shape index (κ2) is 6.15. The summed E-state index contributed by atoms with van der Waals surface area (Å²) in [6, 6.07) is 0.261. The van der Waals surface area contributed by atoms with Crippen LogP contribution in [0.1, 0.15) is 25.1 Å². The van der Waals surface area contributed by atoms with Gasteiger partial charge in [0.1, 0.15) is 0 Å². The molecule has 1 amide bonds. The van der Waals surface area contributed by atoms with Crippen LogP contribution in [0.15, 0.2) is 6.20 Å². The first kappa shape index (κ1) is 13.3. The molecular weight excluding hydrogens is 248 g/mol. The number of amides is 1. The molecule has 0 aliphatic carbocycles. The van der Waals surface area contributed by atoms with Gasteiger partial charge in [0.25, 0.3) is 0 Å². The Kier molecular flexibility index (Phi) is 4.54. The van der Waals surface area contributed by atoms with Crippen molar-refractivity contribution in [3.8, 4) is 0 Å². The molecule has 1 fully saturated rings. The third-order valence-corrected chi connectivity index (χ3v) is 4.18. The first-order valence-electron chi connectivity index (χ1n) is 6.42. The molecular formula is C12H20N4OS. The fourth-order valence-corrected chi connectivity index (χ4v) is 3.00. The standard InChI is InChI=1S/C12H20N4OS/c1-3-16(4-2)12-15-8-10(18-12)7-13-9-5-11(17)14-6-9/h8-9,13H,3-7H2,1-2H3,(H,14,17). The van der Waals surface area contributed by atoms with Gasteiger partial charge in [-0.15, -0.1) is 11.3 Å². The lowest BCUT2D eigenvalue weighted by Crippen LogP contribution is -2.30. The summed E-state index contributed by atoms with van der Waals surface area (Å²) >= 11 is 1.72. The Hall–Kier alpha value is -1.14. The fraction of sp³-hybridized carbons (Fsp3) is 0.667. The number of aromatic nitrogens is 1. The quantitative estimate of drug-likeness (QED) is 0.807. The molecule has 1 unspecified atom stereocenters. The van der Waals surface area contributed by atoms with E-state index in [1.54, 1.807) is 11.3 Å². The maximum atomic E-state index is 11.1. The number of hydrogen-bond donors (Lipinski definition) is 2. The maximum absolute atomic E-state index is 11.1. The molecule has 0 spiro atoms. The minimum absolute atomic E-state index is 0.139. The Labute approximate surface area is 112 Å². The Morgan fingerprint density at radius 2 is 2.33 bits per heavy atom. The van der Waals surface area contributed by atoms with Gasteiger partial charge in [0, 0.05) is 49.7 Å². The van der Waals surface area contributed by atoms with Gasteiger partial charge in [-0.25, -0.2) is 4.98 Å². The molecule has 0 aromatic carbocycles. The highest BCUT2D eigenvalue weighted by Crippen LogP contribution is 2.22. The van der Waals surface area contributed by atoms with Gasteiger partial charge >= 0.3 is 0 Å². The number of anilines is 1. The Bertz CT molecular complexity index is 403. The van der Waals surface area contributed by atoms with E-state index >= 15 is 0 Å². The van der Waals surface area contributed by atoms with Crippen molar-refractivity contribution in [3.63, 3.8) is 0 Å². The number of hydrogen-bond acceptors (Lipinski definition) is 5. The second-order valence-electron chi connectivity index (χ2n) is 4.37. The summed E-state index contributed by atoms with van der Waals surface area (Å²) in [5.74, 6) is 0.139. The Morgan fingerprint density at radius 1 is 1.56 bits per heavy atom. The predicted molar refractivity (Wildman–Crippen MR) is 73.9 cm³/mol. The first-order chi connectivity index (χ1) is 8.72. The van der Waals surface area contributed by atoms with E-state index in [0.29, 0.717) is 6.42 Å². The van der Waals surface area contributed by atoms with Gasteiger partial charge in [-0.1, -0.05) is 0 Å². The van der Waals surface area contributed by atoms with Crippen LogP contribution < -0.4 is 15.5 Å². The van der Waals surface area contributed by atoms with Crippen LogP contribution in [-0.4, -0.2) is 36.6 Å². The lowest BCUT2D eigenvalue weighted by Gasteiger charge is -2.16. The van der Waals surface area contributed by atoms with Crippen molar-refractivity contribution >= 4 is 22.4 Å². The highest BCUT2D eigenvalue weighted by atomic mass is 32.1. The van der Waals surface area contributed by atoms with Gasteiger partial charge in [0.15, 0.2) is 5.13 Å². The molecule has 0 radical (unpaired) electrons. The Morgan fingerprint density at radius 3 is 2.94 bits per heavy atom. The van der Waals surface area contributed by atoms with Crippen molar-refractivity contribution < 1.29 is 4.79 Å². The molecule has 0 bridgehead atoms. The fourth-order valence-electron chi connectivity index (χ4n) is 2.01. The predicted octanol–water partition coefficient (Wildman–Crippen LogP) is 0.967. The van der Waals surface area contributed by atoms with Crippen LogP contribution in [0, 0.1) is 0 Å². The van der Waals surface area contributed by atoms with Crippen molar-refractivity contribution in [3.05, 3.63) is 11.1 Å². The molecule has 2 heterocycles. The van der Waals surface area contributed by atoms with Gasteiger partial charge < -0.3 is 15.5 Å². The molecule has 1 aromatic rings. The molecule has 100 valence electrons. The zero-order valence-corrected chi connectivity index (χ0v) is 11.7. The molecule has 2 rings (SSSR count). The summed E-state index contributed by atoms with van der Waals surface area (Å²) in [4.78, 5) is 19.0. The van der Waals surface area contributed by atoms with Crippen molar-refractivity contribution in [1.29, 1.82) is 0 Å². The summed E-state index contributed by atoms with van der Waals surface area (Å²) in [7, 11) is 0. The van der Waals surface area contributed by atoms with Gasteiger partial charge in [-0.3, -0.25) is 4.79 Å². The lowest BCUT2D eigenvalue weighted by molar-refractivity contribution is -0.119. The summed E-state index contributed by atoms with van der Waals surface area (Å²) in [5, 5.41) is 7.29. The zero-order valence-electron chi connectivity index (χ0n) is 10.9. The number of nitrogens with one attached hydrogen (secondary N) is 2. The van der Waals surface area contributed by atoms with Gasteiger partial charge in [-0.05, 0) is 13.8 Å². The van der Waals surface area contributed by atoms with Gasteiger partial charge in [-0.2, -0.15) is 0 Å². The number of thiazole rings is 1. The Balaban J connectivity index is 1.85. The zero-order chi connectivity index (χ0) is 13.0. The molecule has 18 heavy (non-hydrogen) atoms. The third-order valence-electron chi connectivity index (χ3n) is 3.12. The van der Waals surface area contributed by atoms with Gasteiger partial charge in [0.05, 0.1) is 0 Å². The molecule has 5 nitrogen and oxygen atoms in total. The highest BCUT2D eigenvalue weighted by molar-refractivity contribution is 7.15. The van der Waals surface area contributed by atoms with Crippen LogP contribution in [0.4, 0.5) is 5.13 Å². The molecule has 1 aromatic heterocycles. The van der Waals surface area contributed by atoms with Crippen molar-refractivity contribution in [2.45, 2.75) is 32.9 Å². The number of nitrogens with zero attached hydrogens (tertiary/aromatic N) is 2. The number of carbonyl (C=O) groups excluding carboxylic acids is 1. The van der Waals surface area contributed by atoms with E-state index in [4.69, 9.17) is 0 Å². The van der Waals surface area contributed by atoms with E-state index in [2.05, 4.69) is 34.4 Å². The summed E-state index contributed by atoms with van der Waals surface area (Å²) in [6.45, 7) is 7.77. The van der Waals surface area contributed by atoms with Crippen LogP contribution in [-0.2, 0) is 11.3 Å². The molecule has 1 atom stereocenters. The minimum atomic E-state index is 0.139.